The summed E-state index contributed by atoms with van der Waals surface area (Å²) in [6.07, 6.45) is 4.87. The van der Waals surface area contributed by atoms with Crippen LogP contribution in [0.2, 0.25) is 0 Å². The molecule has 0 spiro atoms. The number of aromatic nitrogens is 2. The molecule has 0 fully saturated rings. The van der Waals surface area contributed by atoms with Crippen LogP contribution in [0.4, 0.5) is 5.69 Å². The number of nitrogen functional groups attached to an aromatic ring is 1. The van der Waals surface area contributed by atoms with Crippen LogP contribution < -0.4 is 5.73 Å². The molecule has 0 aliphatic carbocycles. The van der Waals surface area contributed by atoms with Crippen LogP contribution >= 0.6 is 0 Å². The number of carbonyl (C=O) groups is 1. The SMILES string of the molecule is CCOC(=O)c1cc(-c2ccc(-c3ccc(CCCO)cc3)cc2N)nc2ccncc12. The second-order valence-electron chi connectivity index (χ2n) is 7.49. The molecular weight excluding hydrogens is 402 g/mol. The molecule has 0 unspecified atom stereocenters. The maximum Gasteiger partial charge on any atom is 0.338 e. The van der Waals surface area contributed by atoms with Crippen LogP contribution in [0.25, 0.3) is 33.3 Å². The Morgan fingerprint density at radius 2 is 1.84 bits per heavy atom. The third-order valence-corrected chi connectivity index (χ3v) is 5.34. The normalized spacial score (nSPS) is 10.9. The summed E-state index contributed by atoms with van der Waals surface area (Å²) in [5.74, 6) is -0.411. The van der Waals surface area contributed by atoms with Crippen LogP contribution in [0.3, 0.4) is 0 Å². The lowest BCUT2D eigenvalue weighted by Crippen LogP contribution is -2.07. The van der Waals surface area contributed by atoms with Gasteiger partial charge in [-0.15, -0.1) is 0 Å². The van der Waals surface area contributed by atoms with Crippen molar-refractivity contribution in [2.45, 2.75) is 19.8 Å². The van der Waals surface area contributed by atoms with Crippen LogP contribution in [0.5, 0.6) is 0 Å². The van der Waals surface area contributed by atoms with E-state index >= 15 is 0 Å². The van der Waals surface area contributed by atoms with Crippen molar-refractivity contribution >= 4 is 22.6 Å². The molecule has 6 heteroatoms. The molecule has 2 aromatic carbocycles. The van der Waals surface area contributed by atoms with E-state index in [0.717, 1.165) is 29.5 Å². The van der Waals surface area contributed by atoms with E-state index in [-0.39, 0.29) is 13.2 Å². The number of pyridine rings is 2. The summed E-state index contributed by atoms with van der Waals surface area (Å²) in [6.45, 7) is 2.25. The van der Waals surface area contributed by atoms with Gasteiger partial charge in [-0.2, -0.15) is 0 Å². The molecule has 4 aromatic rings. The minimum Gasteiger partial charge on any atom is -0.462 e. The van der Waals surface area contributed by atoms with E-state index in [1.807, 2.05) is 18.2 Å². The minimum atomic E-state index is -0.411. The molecule has 0 amide bonds. The number of rotatable bonds is 7. The summed E-state index contributed by atoms with van der Waals surface area (Å²) >= 11 is 0. The number of benzene rings is 2. The smallest absolute Gasteiger partial charge is 0.338 e. The predicted octanol–water partition coefficient (Wildman–Crippen LogP) is 4.65. The first-order valence-electron chi connectivity index (χ1n) is 10.6. The molecule has 0 saturated carbocycles. The Labute approximate surface area is 186 Å². The van der Waals surface area contributed by atoms with Crippen LogP contribution in [-0.2, 0) is 11.2 Å². The summed E-state index contributed by atoms with van der Waals surface area (Å²) in [4.78, 5) is 21.4. The Balaban J connectivity index is 1.71. The Bertz CT molecular complexity index is 1250. The Morgan fingerprint density at radius 3 is 2.56 bits per heavy atom. The highest BCUT2D eigenvalue weighted by Gasteiger charge is 2.16. The number of aliphatic hydroxyl groups is 1. The van der Waals surface area contributed by atoms with E-state index in [1.54, 1.807) is 31.5 Å². The lowest BCUT2D eigenvalue weighted by atomic mass is 9.98. The second-order valence-corrected chi connectivity index (χ2v) is 7.49. The topological polar surface area (TPSA) is 98.3 Å². The van der Waals surface area contributed by atoms with Crippen LogP contribution in [-0.4, -0.2) is 34.3 Å². The summed E-state index contributed by atoms with van der Waals surface area (Å²) in [7, 11) is 0. The number of nitrogens with two attached hydrogens (primary N) is 1. The zero-order valence-corrected chi connectivity index (χ0v) is 17.9. The van der Waals surface area contributed by atoms with Gasteiger partial charge >= 0.3 is 5.97 Å². The zero-order chi connectivity index (χ0) is 22.5. The highest BCUT2D eigenvalue weighted by Crippen LogP contribution is 2.32. The molecule has 0 saturated heterocycles. The van der Waals surface area contributed by atoms with Gasteiger partial charge in [-0.1, -0.05) is 36.4 Å². The first-order valence-corrected chi connectivity index (χ1v) is 10.6. The Morgan fingerprint density at radius 1 is 1.06 bits per heavy atom. The maximum absolute atomic E-state index is 12.5. The zero-order valence-electron chi connectivity index (χ0n) is 17.9. The van der Waals surface area contributed by atoms with E-state index in [1.165, 1.54) is 5.56 Å². The highest BCUT2D eigenvalue weighted by molar-refractivity contribution is 6.04. The fourth-order valence-corrected chi connectivity index (χ4v) is 3.71. The highest BCUT2D eigenvalue weighted by atomic mass is 16.5. The van der Waals surface area contributed by atoms with E-state index in [9.17, 15) is 4.79 Å². The van der Waals surface area contributed by atoms with E-state index < -0.39 is 5.97 Å². The maximum atomic E-state index is 12.5. The molecule has 6 nitrogen and oxygen atoms in total. The molecule has 2 heterocycles. The molecule has 3 N–H and O–H groups in total. The number of carbonyl (C=O) groups excluding carboxylic acids is 1. The number of hydrogen-bond acceptors (Lipinski definition) is 6. The van der Waals surface area contributed by atoms with Crippen LogP contribution in [0.15, 0.2) is 67.0 Å². The number of hydrogen-bond donors (Lipinski definition) is 2. The third kappa shape index (κ3) is 4.45. The average Bonchev–Trinajstić information content (AvgIpc) is 2.82. The average molecular weight is 428 g/mol. The van der Waals surface area contributed by atoms with Crippen molar-refractivity contribution in [2.75, 3.05) is 18.9 Å². The summed E-state index contributed by atoms with van der Waals surface area (Å²) < 4.78 is 5.23. The first-order chi connectivity index (χ1) is 15.6. The molecular formula is C26H25N3O3. The molecule has 32 heavy (non-hydrogen) atoms. The molecule has 162 valence electrons. The fraction of sp³-hybridized carbons (Fsp3) is 0.192. The molecule has 0 bridgehead atoms. The van der Waals surface area contributed by atoms with Gasteiger partial charge in [0.15, 0.2) is 0 Å². The van der Waals surface area contributed by atoms with Crippen molar-refractivity contribution in [3.05, 3.63) is 78.1 Å². The number of anilines is 1. The van der Waals surface area contributed by atoms with E-state index in [4.69, 9.17) is 20.6 Å². The van der Waals surface area contributed by atoms with E-state index in [2.05, 4.69) is 29.2 Å². The van der Waals surface area contributed by atoms with Crippen molar-refractivity contribution in [3.63, 3.8) is 0 Å². The molecule has 4 rings (SSSR count). The van der Waals surface area contributed by atoms with Crippen molar-refractivity contribution in [3.8, 4) is 22.4 Å². The van der Waals surface area contributed by atoms with Crippen molar-refractivity contribution in [2.24, 2.45) is 0 Å². The number of fused-ring (bicyclic) bond motifs is 1. The number of esters is 1. The van der Waals surface area contributed by atoms with Gasteiger partial charge < -0.3 is 15.6 Å². The van der Waals surface area contributed by atoms with Crippen LogP contribution in [0.1, 0.15) is 29.3 Å². The minimum absolute atomic E-state index is 0.191. The molecule has 0 aliphatic heterocycles. The second kappa shape index (κ2) is 9.58. The van der Waals surface area contributed by atoms with Gasteiger partial charge in [0.25, 0.3) is 0 Å². The lowest BCUT2D eigenvalue weighted by molar-refractivity contribution is 0.0528. The fourth-order valence-electron chi connectivity index (χ4n) is 3.71. The lowest BCUT2D eigenvalue weighted by Gasteiger charge is -2.12. The number of aliphatic hydroxyl groups excluding tert-OH is 1. The van der Waals surface area contributed by atoms with Gasteiger partial charge in [0, 0.05) is 35.6 Å². The van der Waals surface area contributed by atoms with Gasteiger partial charge in [0.05, 0.1) is 23.4 Å². The van der Waals surface area contributed by atoms with E-state index in [0.29, 0.717) is 27.8 Å². The van der Waals surface area contributed by atoms with Gasteiger partial charge in [-0.3, -0.25) is 4.98 Å². The monoisotopic (exact) mass is 427 g/mol. The van der Waals surface area contributed by atoms with Crippen LogP contribution in [0, 0.1) is 0 Å². The summed E-state index contributed by atoms with van der Waals surface area (Å²) in [6, 6.07) is 17.6. The predicted molar refractivity (Wildman–Crippen MR) is 126 cm³/mol. The largest absolute Gasteiger partial charge is 0.462 e. The molecule has 0 radical (unpaired) electrons. The standard InChI is InChI=1S/C26H25N3O3/c1-2-32-26(31)21-15-25(29-24-11-12-28-16-22(21)24)20-10-9-19(14-23(20)27)18-7-5-17(6-8-18)4-3-13-30/h5-12,14-16,30H,2-4,13,27H2,1H3. The van der Waals surface area contributed by atoms with Crippen molar-refractivity contribution in [1.29, 1.82) is 0 Å². The molecule has 2 aromatic heterocycles. The van der Waals surface area contributed by atoms with Crippen molar-refractivity contribution < 1.29 is 14.6 Å². The van der Waals surface area contributed by atoms with Gasteiger partial charge in [0.1, 0.15) is 0 Å². The summed E-state index contributed by atoms with van der Waals surface area (Å²) in [5.41, 5.74) is 12.7. The number of ether oxygens (including phenoxy) is 1. The quantitative estimate of drug-likeness (QED) is 0.329. The van der Waals surface area contributed by atoms with Gasteiger partial charge in [-0.05, 0) is 54.7 Å². The molecule has 0 atom stereocenters. The number of aryl methyl sites for hydroxylation is 1. The number of nitrogens with zero attached hydrogens (tertiary/aromatic N) is 2. The Kier molecular flexibility index (Phi) is 6.42. The molecule has 0 aliphatic rings. The van der Waals surface area contributed by atoms with Gasteiger partial charge in [-0.25, -0.2) is 9.78 Å². The van der Waals surface area contributed by atoms with Crippen molar-refractivity contribution in [1.82, 2.24) is 9.97 Å². The third-order valence-electron chi connectivity index (χ3n) is 5.34. The first kappa shape index (κ1) is 21.5. The summed E-state index contributed by atoms with van der Waals surface area (Å²) in [5, 5.41) is 9.64. The Hall–Kier alpha value is -3.77. The van der Waals surface area contributed by atoms with Gasteiger partial charge in [0.2, 0.25) is 0 Å².